The molecule has 6 heteroatoms. The Kier molecular flexibility index (Phi) is 6.14. The summed E-state index contributed by atoms with van der Waals surface area (Å²) < 4.78 is 38.9. The zero-order chi connectivity index (χ0) is 14.1. The molecule has 0 amide bonds. The highest BCUT2D eigenvalue weighted by Crippen LogP contribution is 2.06. The van der Waals surface area contributed by atoms with Gasteiger partial charge in [0.05, 0.1) is 0 Å². The van der Waals surface area contributed by atoms with Gasteiger partial charge in [0.25, 0.3) is 0 Å². The lowest BCUT2D eigenvalue weighted by Crippen LogP contribution is -2.68. The fourth-order valence-corrected chi connectivity index (χ4v) is 1.20. The van der Waals surface area contributed by atoms with Crippen molar-refractivity contribution in [3.63, 3.8) is 0 Å². The molecule has 0 aliphatic rings. The Morgan fingerprint density at radius 1 is 0.737 bits per heavy atom. The van der Waals surface area contributed by atoms with Crippen molar-refractivity contribution in [2.24, 2.45) is 0 Å². The monoisotopic (exact) mass is 282 g/mol. The largest absolute Gasteiger partial charge is 0.318 e. The van der Waals surface area contributed by atoms with Crippen molar-refractivity contribution in [1.82, 2.24) is 0 Å². The van der Waals surface area contributed by atoms with Gasteiger partial charge in [0.15, 0.2) is 0 Å². The highest BCUT2D eigenvalue weighted by molar-refractivity contribution is 5.69. The molecule has 2 rings (SSSR count). The summed E-state index contributed by atoms with van der Waals surface area (Å²) in [5.74, 6) is 0. The molecule has 100 valence electrons. The Balaban J connectivity index is 0.000000312. The molecule has 1 heterocycles. The quantitative estimate of drug-likeness (QED) is 0.656. The molecule has 1 aromatic heterocycles. The average Bonchev–Trinajstić information content (AvgIpc) is 2.37. The SMILES string of the molecule is C(=Cc1cc[o+]cc1)c1ccccc1.[O-][Cl+3]([O-])([O-])[O-]. The summed E-state index contributed by atoms with van der Waals surface area (Å²) in [5, 5.41) is 0. The van der Waals surface area contributed by atoms with E-state index in [-0.39, 0.29) is 0 Å². The van der Waals surface area contributed by atoms with E-state index >= 15 is 0 Å². The number of halogens is 1. The third kappa shape index (κ3) is 8.90. The first-order valence-corrected chi connectivity index (χ1v) is 6.39. The van der Waals surface area contributed by atoms with Crippen molar-refractivity contribution in [3.8, 4) is 0 Å². The molecule has 0 N–H and O–H groups in total. The smallest absolute Gasteiger partial charge is 0.224 e. The van der Waals surface area contributed by atoms with Crippen LogP contribution in [0.2, 0.25) is 0 Å². The molecule has 0 atom stereocenters. The predicted molar refractivity (Wildman–Crippen MR) is 58.5 cm³/mol. The van der Waals surface area contributed by atoms with Gasteiger partial charge in [-0.15, -0.1) is 10.2 Å². The Hall–Kier alpha value is -1.76. The van der Waals surface area contributed by atoms with Crippen LogP contribution in [0.15, 0.2) is 59.4 Å². The summed E-state index contributed by atoms with van der Waals surface area (Å²) in [6.07, 6.45) is 7.48. The molecular weight excluding hydrogens is 272 g/mol. The van der Waals surface area contributed by atoms with Crippen LogP contribution in [0.3, 0.4) is 0 Å². The highest BCUT2D eigenvalue weighted by atomic mass is 35.7. The van der Waals surface area contributed by atoms with E-state index in [0.29, 0.717) is 0 Å². The van der Waals surface area contributed by atoms with Gasteiger partial charge in [-0.05, 0) is 11.1 Å². The Morgan fingerprint density at radius 3 is 1.63 bits per heavy atom. The molecule has 19 heavy (non-hydrogen) atoms. The molecule has 0 spiro atoms. The second kappa shape index (κ2) is 7.63. The number of hydrogen-bond acceptors (Lipinski definition) is 4. The van der Waals surface area contributed by atoms with Gasteiger partial charge in [-0.2, -0.15) is 0 Å². The lowest BCUT2D eigenvalue weighted by molar-refractivity contribution is -2.00. The summed E-state index contributed by atoms with van der Waals surface area (Å²) >= 11 is 0. The third-order valence-corrected chi connectivity index (χ3v) is 1.95. The third-order valence-electron chi connectivity index (χ3n) is 1.95. The van der Waals surface area contributed by atoms with Crippen LogP contribution in [0.4, 0.5) is 0 Å². The van der Waals surface area contributed by atoms with E-state index in [1.807, 2.05) is 30.3 Å². The van der Waals surface area contributed by atoms with Crippen molar-refractivity contribution < 1.29 is 33.3 Å². The molecule has 0 aliphatic heterocycles. The summed E-state index contributed by atoms with van der Waals surface area (Å²) in [5.41, 5.74) is 2.34. The van der Waals surface area contributed by atoms with E-state index < -0.39 is 10.2 Å². The first-order chi connectivity index (χ1) is 8.95. The van der Waals surface area contributed by atoms with Crippen molar-refractivity contribution in [3.05, 3.63) is 66.1 Å². The van der Waals surface area contributed by atoms with E-state index in [1.165, 1.54) is 5.56 Å². The fraction of sp³-hybridized carbons (Fsp3) is 0. The van der Waals surface area contributed by atoms with Gasteiger partial charge < -0.3 is 0 Å². The second-order valence-electron chi connectivity index (χ2n) is 3.36. The summed E-state index contributed by atoms with van der Waals surface area (Å²) in [7, 11) is -4.94. The fourth-order valence-electron chi connectivity index (χ4n) is 1.20. The number of rotatable bonds is 2. The average molecular weight is 283 g/mol. The zero-order valence-electron chi connectivity index (χ0n) is 9.77. The Bertz CT molecular complexity index is 446. The van der Waals surface area contributed by atoms with Gasteiger partial charge in [-0.1, -0.05) is 42.5 Å². The molecule has 0 unspecified atom stereocenters. The van der Waals surface area contributed by atoms with Gasteiger partial charge >= 0.3 is 12.5 Å². The van der Waals surface area contributed by atoms with Gasteiger partial charge in [-0.3, -0.25) is 0 Å². The minimum atomic E-state index is -4.94. The maximum atomic E-state index is 8.49. The molecule has 0 bridgehead atoms. The van der Waals surface area contributed by atoms with Crippen molar-refractivity contribution in [2.45, 2.75) is 0 Å². The molecule has 5 nitrogen and oxygen atoms in total. The minimum absolute atomic E-state index is 1.14. The van der Waals surface area contributed by atoms with E-state index in [1.54, 1.807) is 12.5 Å². The standard InChI is InChI=1S/C13H11O.ClHO4/c1-2-4-12(5-3-1)6-7-13-8-10-14-11-9-13;2-1(3,4)5/h1-11H;(H,2,3,4,5)/q+1;/p-1. The zero-order valence-corrected chi connectivity index (χ0v) is 10.5. The lowest BCUT2D eigenvalue weighted by Gasteiger charge is -2.17. The second-order valence-corrected chi connectivity index (χ2v) is 4.12. The molecule has 0 saturated heterocycles. The highest BCUT2D eigenvalue weighted by Gasteiger charge is 1.90. The summed E-state index contributed by atoms with van der Waals surface area (Å²) in [4.78, 5) is 0. The van der Waals surface area contributed by atoms with Crippen LogP contribution in [0.5, 0.6) is 0 Å². The van der Waals surface area contributed by atoms with Crippen LogP contribution in [0.1, 0.15) is 11.1 Å². The lowest BCUT2D eigenvalue weighted by atomic mass is 10.2. The van der Waals surface area contributed by atoms with Crippen LogP contribution in [0.25, 0.3) is 12.2 Å². The van der Waals surface area contributed by atoms with E-state index in [0.717, 1.165) is 5.56 Å². The van der Waals surface area contributed by atoms with E-state index in [2.05, 4.69) is 24.3 Å². The van der Waals surface area contributed by atoms with Crippen LogP contribution in [-0.2, 0) is 0 Å². The van der Waals surface area contributed by atoms with Crippen LogP contribution in [0, 0.1) is 10.2 Å². The predicted octanol–water partition coefficient (Wildman–Crippen LogP) is -1.02. The molecule has 1 aromatic carbocycles. The summed E-state index contributed by atoms with van der Waals surface area (Å²) in [6, 6.07) is 14.1. The van der Waals surface area contributed by atoms with Crippen LogP contribution < -0.4 is 18.6 Å². The topological polar surface area (TPSA) is 104 Å². The molecule has 0 fully saturated rings. The van der Waals surface area contributed by atoms with E-state index in [9.17, 15) is 0 Å². The van der Waals surface area contributed by atoms with Crippen LogP contribution >= 0.6 is 0 Å². The molecule has 2 aromatic rings. The Labute approximate surface area is 112 Å². The molecule has 0 aliphatic carbocycles. The number of hydrogen-bond donors (Lipinski definition) is 0. The molecular formula is C13H11ClO5. The number of benzene rings is 1. The van der Waals surface area contributed by atoms with Gasteiger partial charge in [0.2, 0.25) is 0 Å². The first kappa shape index (κ1) is 15.3. The molecule has 0 radical (unpaired) electrons. The first-order valence-electron chi connectivity index (χ1n) is 5.15. The van der Waals surface area contributed by atoms with Gasteiger partial charge in [-0.25, -0.2) is 23.1 Å². The van der Waals surface area contributed by atoms with Crippen LogP contribution in [-0.4, -0.2) is 0 Å². The normalized spacial score (nSPS) is 10.9. The van der Waals surface area contributed by atoms with Crippen molar-refractivity contribution >= 4 is 12.2 Å². The maximum absolute atomic E-state index is 8.49. The van der Waals surface area contributed by atoms with Crippen molar-refractivity contribution in [1.29, 1.82) is 0 Å². The maximum Gasteiger partial charge on any atom is 0.318 e. The van der Waals surface area contributed by atoms with Gasteiger partial charge in [0, 0.05) is 12.1 Å². The Morgan fingerprint density at radius 2 is 1.16 bits per heavy atom. The summed E-state index contributed by atoms with van der Waals surface area (Å²) in [6.45, 7) is 0. The minimum Gasteiger partial charge on any atom is -0.224 e. The molecule has 0 saturated carbocycles. The van der Waals surface area contributed by atoms with Gasteiger partial charge in [0.1, 0.15) is 0 Å². The van der Waals surface area contributed by atoms with E-state index in [4.69, 9.17) is 23.1 Å². The van der Waals surface area contributed by atoms with Crippen molar-refractivity contribution in [2.75, 3.05) is 0 Å².